The van der Waals surface area contributed by atoms with Gasteiger partial charge in [0.2, 0.25) is 5.91 Å². The minimum Gasteiger partial charge on any atom is -0.353 e. The Balaban J connectivity index is 1.44. The normalized spacial score (nSPS) is 22.6. The number of hydrogen-bond donors (Lipinski definition) is 1. The van der Waals surface area contributed by atoms with Crippen molar-refractivity contribution in [2.45, 2.75) is 19.4 Å². The lowest BCUT2D eigenvalue weighted by Crippen LogP contribution is -2.53. The summed E-state index contributed by atoms with van der Waals surface area (Å²) in [5.74, 6) is 0.101. The summed E-state index contributed by atoms with van der Waals surface area (Å²) >= 11 is 0. The molecule has 0 aromatic carbocycles. The van der Waals surface area contributed by atoms with Gasteiger partial charge in [-0.15, -0.1) is 0 Å². The Morgan fingerprint density at radius 1 is 0.958 bits per heavy atom. The third-order valence-electron chi connectivity index (χ3n) is 5.11. The number of carbonyl (C=O) groups excluding carboxylic acids is 2. The first-order valence-electron chi connectivity index (χ1n) is 8.80. The van der Waals surface area contributed by atoms with Gasteiger partial charge >= 0.3 is 6.03 Å². The number of piperazine rings is 1. The lowest BCUT2D eigenvalue weighted by molar-refractivity contribution is -0.138. The molecule has 0 bridgehead atoms. The van der Waals surface area contributed by atoms with Crippen LogP contribution in [0.5, 0.6) is 0 Å². The topological polar surface area (TPSA) is 74.8 Å². The van der Waals surface area contributed by atoms with Crippen LogP contribution in [-0.4, -0.2) is 77.0 Å². The van der Waals surface area contributed by atoms with Crippen LogP contribution in [0.1, 0.15) is 12.8 Å². The highest BCUT2D eigenvalue weighted by atomic mass is 16.2. The molecule has 1 aromatic heterocycles. The number of nitrogens with zero attached hydrogens (tertiary/aromatic N) is 4. The smallest absolute Gasteiger partial charge is 0.314 e. The molecule has 7 heteroatoms. The Morgan fingerprint density at radius 2 is 1.67 bits per heavy atom. The van der Waals surface area contributed by atoms with Crippen molar-refractivity contribution in [3.63, 3.8) is 0 Å². The highest BCUT2D eigenvalue weighted by Crippen LogP contribution is 2.19. The SMILES string of the molecule is NC(=O)N1CCC[C@@H](C(=O)N2CCN(CCn3cccc3)CC2)C1. The fourth-order valence-corrected chi connectivity index (χ4v) is 3.61. The molecule has 2 saturated heterocycles. The molecule has 3 heterocycles. The molecule has 1 aromatic rings. The molecule has 2 N–H and O–H groups in total. The molecule has 2 aliphatic rings. The van der Waals surface area contributed by atoms with Gasteiger partial charge in [0.15, 0.2) is 0 Å². The molecule has 2 fully saturated rings. The van der Waals surface area contributed by atoms with Gasteiger partial charge in [-0.25, -0.2) is 4.79 Å². The molecule has 0 unspecified atom stereocenters. The maximum absolute atomic E-state index is 12.7. The Hall–Kier alpha value is -2.02. The Labute approximate surface area is 143 Å². The van der Waals surface area contributed by atoms with Gasteiger partial charge in [-0.1, -0.05) is 0 Å². The molecule has 0 aliphatic carbocycles. The standard InChI is InChI=1S/C17H27N5O2/c18-17(24)22-7-3-4-15(14-22)16(23)21-12-10-20(11-13-21)9-8-19-5-1-2-6-19/h1-2,5-6,15H,3-4,7-14H2,(H2,18,24)/t15-/m1/s1. The first kappa shape index (κ1) is 16.8. The molecule has 3 rings (SSSR count). The molecule has 1 atom stereocenters. The summed E-state index contributed by atoms with van der Waals surface area (Å²) in [5, 5.41) is 0. The second-order valence-corrected chi connectivity index (χ2v) is 6.71. The van der Waals surface area contributed by atoms with Crippen molar-refractivity contribution in [2.24, 2.45) is 11.7 Å². The average molecular weight is 333 g/mol. The molecular formula is C17H27N5O2. The van der Waals surface area contributed by atoms with E-state index in [1.54, 1.807) is 4.90 Å². The van der Waals surface area contributed by atoms with Crippen LogP contribution in [-0.2, 0) is 11.3 Å². The molecule has 24 heavy (non-hydrogen) atoms. The first-order valence-corrected chi connectivity index (χ1v) is 8.80. The highest BCUT2D eigenvalue weighted by molar-refractivity contribution is 5.80. The zero-order chi connectivity index (χ0) is 16.9. The second kappa shape index (κ2) is 7.70. The summed E-state index contributed by atoms with van der Waals surface area (Å²) in [7, 11) is 0. The number of nitrogens with two attached hydrogens (primary N) is 1. The zero-order valence-electron chi connectivity index (χ0n) is 14.1. The van der Waals surface area contributed by atoms with E-state index in [4.69, 9.17) is 5.73 Å². The van der Waals surface area contributed by atoms with Crippen LogP contribution >= 0.6 is 0 Å². The predicted octanol–water partition coefficient (Wildman–Crippen LogP) is 0.423. The number of rotatable bonds is 4. The van der Waals surface area contributed by atoms with Crippen LogP contribution in [0.15, 0.2) is 24.5 Å². The summed E-state index contributed by atoms with van der Waals surface area (Å²) in [6.45, 7) is 6.52. The van der Waals surface area contributed by atoms with E-state index in [1.807, 2.05) is 17.0 Å². The largest absolute Gasteiger partial charge is 0.353 e. The predicted molar refractivity (Wildman–Crippen MR) is 91.3 cm³/mol. The van der Waals surface area contributed by atoms with Gasteiger partial charge in [0.25, 0.3) is 0 Å². The summed E-state index contributed by atoms with van der Waals surface area (Å²) in [6, 6.07) is 3.66. The summed E-state index contributed by atoms with van der Waals surface area (Å²) < 4.78 is 2.18. The van der Waals surface area contributed by atoms with Crippen LogP contribution < -0.4 is 5.73 Å². The molecule has 2 aliphatic heterocycles. The van der Waals surface area contributed by atoms with E-state index in [1.165, 1.54) is 0 Å². The van der Waals surface area contributed by atoms with Gasteiger partial charge in [0.05, 0.1) is 5.92 Å². The van der Waals surface area contributed by atoms with Gasteiger partial charge < -0.3 is 20.1 Å². The van der Waals surface area contributed by atoms with E-state index in [0.717, 1.165) is 52.1 Å². The highest BCUT2D eigenvalue weighted by Gasteiger charge is 2.31. The van der Waals surface area contributed by atoms with Crippen molar-refractivity contribution in [3.8, 4) is 0 Å². The van der Waals surface area contributed by atoms with Crippen molar-refractivity contribution in [1.82, 2.24) is 19.3 Å². The second-order valence-electron chi connectivity index (χ2n) is 6.71. The van der Waals surface area contributed by atoms with E-state index in [9.17, 15) is 9.59 Å². The fourth-order valence-electron chi connectivity index (χ4n) is 3.61. The van der Waals surface area contributed by atoms with E-state index in [-0.39, 0.29) is 11.8 Å². The molecular weight excluding hydrogens is 306 g/mol. The zero-order valence-corrected chi connectivity index (χ0v) is 14.1. The number of likely N-dealkylation sites (tertiary alicyclic amines) is 1. The summed E-state index contributed by atoms with van der Waals surface area (Å²) in [6.07, 6.45) is 5.87. The van der Waals surface area contributed by atoms with E-state index in [0.29, 0.717) is 13.1 Å². The lowest BCUT2D eigenvalue weighted by Gasteiger charge is -2.38. The maximum Gasteiger partial charge on any atom is 0.314 e. The molecule has 0 saturated carbocycles. The van der Waals surface area contributed by atoms with Crippen molar-refractivity contribution >= 4 is 11.9 Å². The minimum absolute atomic E-state index is 0.0855. The van der Waals surface area contributed by atoms with E-state index >= 15 is 0 Å². The molecule has 3 amide bonds. The lowest BCUT2D eigenvalue weighted by atomic mass is 9.96. The van der Waals surface area contributed by atoms with Crippen molar-refractivity contribution in [2.75, 3.05) is 45.8 Å². The number of primary amides is 1. The number of amides is 3. The first-order chi connectivity index (χ1) is 11.6. The number of piperidine rings is 1. The van der Waals surface area contributed by atoms with Crippen molar-refractivity contribution in [3.05, 3.63) is 24.5 Å². The molecule has 0 spiro atoms. The van der Waals surface area contributed by atoms with Gasteiger partial charge in [-0.2, -0.15) is 0 Å². The summed E-state index contributed by atoms with van der Waals surface area (Å²) in [5.41, 5.74) is 5.35. The van der Waals surface area contributed by atoms with Gasteiger partial charge in [-0.05, 0) is 25.0 Å². The van der Waals surface area contributed by atoms with Crippen LogP contribution in [0, 0.1) is 5.92 Å². The van der Waals surface area contributed by atoms with Crippen LogP contribution in [0.4, 0.5) is 4.79 Å². The molecule has 0 radical (unpaired) electrons. The Bertz CT molecular complexity index is 551. The van der Waals surface area contributed by atoms with Crippen molar-refractivity contribution < 1.29 is 9.59 Å². The average Bonchev–Trinajstić information content (AvgIpc) is 3.13. The van der Waals surface area contributed by atoms with Gasteiger partial charge in [0, 0.05) is 64.8 Å². The Kier molecular flexibility index (Phi) is 5.40. The number of aromatic nitrogens is 1. The van der Waals surface area contributed by atoms with E-state index < -0.39 is 6.03 Å². The van der Waals surface area contributed by atoms with E-state index in [2.05, 4.69) is 21.9 Å². The fraction of sp³-hybridized carbons (Fsp3) is 0.647. The molecule has 7 nitrogen and oxygen atoms in total. The van der Waals surface area contributed by atoms with Crippen molar-refractivity contribution in [1.29, 1.82) is 0 Å². The van der Waals surface area contributed by atoms with Gasteiger partial charge in [-0.3, -0.25) is 9.69 Å². The Morgan fingerprint density at radius 3 is 2.33 bits per heavy atom. The van der Waals surface area contributed by atoms with Crippen LogP contribution in [0.3, 0.4) is 0 Å². The summed E-state index contributed by atoms with van der Waals surface area (Å²) in [4.78, 5) is 30.0. The number of carbonyl (C=O) groups is 2. The van der Waals surface area contributed by atoms with Crippen LogP contribution in [0.25, 0.3) is 0 Å². The number of hydrogen-bond acceptors (Lipinski definition) is 3. The third kappa shape index (κ3) is 4.08. The third-order valence-corrected chi connectivity index (χ3v) is 5.11. The monoisotopic (exact) mass is 333 g/mol. The maximum atomic E-state index is 12.7. The molecule has 132 valence electrons. The quantitative estimate of drug-likeness (QED) is 0.868. The minimum atomic E-state index is -0.415. The number of urea groups is 1. The van der Waals surface area contributed by atoms with Gasteiger partial charge in [0.1, 0.15) is 0 Å². The van der Waals surface area contributed by atoms with Crippen LogP contribution in [0.2, 0.25) is 0 Å².